The summed E-state index contributed by atoms with van der Waals surface area (Å²) in [5.41, 5.74) is 0. The maximum absolute atomic E-state index is 11.0. The van der Waals surface area contributed by atoms with E-state index in [0.717, 1.165) is 12.8 Å². The lowest BCUT2D eigenvalue weighted by Crippen LogP contribution is -2.23. The van der Waals surface area contributed by atoms with Crippen molar-refractivity contribution in [3.05, 3.63) is 0 Å². The predicted octanol–water partition coefficient (Wildman–Crippen LogP) is -0.0234. The molecule has 6 nitrogen and oxygen atoms in total. The third-order valence-electron chi connectivity index (χ3n) is 1.88. The van der Waals surface area contributed by atoms with Gasteiger partial charge in [0.2, 0.25) is 5.08 Å². The van der Waals surface area contributed by atoms with Crippen LogP contribution in [-0.2, 0) is 24.4 Å². The minimum Gasteiger partial charge on any atom is -0.285 e. The van der Waals surface area contributed by atoms with Gasteiger partial charge in [0.1, 0.15) is 0 Å². The maximum Gasteiger partial charge on any atom is 0.284 e. The van der Waals surface area contributed by atoms with Crippen LogP contribution in [0, 0.1) is 5.92 Å². The van der Waals surface area contributed by atoms with E-state index in [1.54, 1.807) is 6.92 Å². The lowest BCUT2D eigenvalue weighted by Gasteiger charge is -2.10. The average Bonchev–Trinajstić information content (AvgIpc) is 2.57. The summed E-state index contributed by atoms with van der Waals surface area (Å²) in [5, 5.41) is -1.38. The molecule has 1 aliphatic rings. The molecule has 0 saturated heterocycles. The number of rotatable bonds is 5. The molecule has 0 aliphatic heterocycles. The summed E-state index contributed by atoms with van der Waals surface area (Å²) in [6.07, 6.45) is 1.27. The molecule has 0 amide bonds. The standard InChI is InChI=1S/C6H12O6S2/c1-5(6-2-3-6)12-14(10,11)4-13(7,8)9/h5-6H,2-4H2,1H3,(H,7,8,9). The molecular formula is C6H12O6S2. The lowest BCUT2D eigenvalue weighted by atomic mass is 10.3. The van der Waals surface area contributed by atoms with Crippen molar-refractivity contribution in [1.29, 1.82) is 0 Å². The second kappa shape index (κ2) is 3.76. The van der Waals surface area contributed by atoms with E-state index < -0.39 is 31.4 Å². The fourth-order valence-corrected chi connectivity index (χ4v) is 3.39. The average molecular weight is 244 g/mol. The van der Waals surface area contributed by atoms with Crippen molar-refractivity contribution >= 4 is 20.2 Å². The Morgan fingerprint density at radius 2 is 1.86 bits per heavy atom. The molecule has 1 aliphatic carbocycles. The van der Waals surface area contributed by atoms with Gasteiger partial charge in [-0.3, -0.25) is 8.74 Å². The summed E-state index contributed by atoms with van der Waals surface area (Å²) >= 11 is 0. The van der Waals surface area contributed by atoms with Crippen LogP contribution < -0.4 is 0 Å². The molecule has 8 heteroatoms. The summed E-state index contributed by atoms with van der Waals surface area (Å²) in [6, 6.07) is 0. The Bertz CT molecular complexity index is 390. The molecule has 1 rings (SSSR count). The van der Waals surface area contributed by atoms with Gasteiger partial charge in [-0.15, -0.1) is 0 Å². The van der Waals surface area contributed by atoms with Gasteiger partial charge in [0, 0.05) is 0 Å². The molecule has 1 atom stereocenters. The topological polar surface area (TPSA) is 97.7 Å². The molecule has 1 saturated carbocycles. The molecule has 0 aromatic rings. The number of hydrogen-bond donors (Lipinski definition) is 1. The van der Waals surface area contributed by atoms with Crippen molar-refractivity contribution in [2.45, 2.75) is 25.9 Å². The third kappa shape index (κ3) is 4.36. The normalized spacial score (nSPS) is 20.7. The summed E-state index contributed by atoms with van der Waals surface area (Å²) in [4.78, 5) is 0. The molecule has 0 heterocycles. The van der Waals surface area contributed by atoms with Crippen molar-refractivity contribution in [2.75, 3.05) is 5.08 Å². The molecule has 1 N–H and O–H groups in total. The first-order chi connectivity index (χ1) is 6.20. The fraction of sp³-hybridized carbons (Fsp3) is 1.00. The minimum absolute atomic E-state index is 0.186. The molecule has 0 radical (unpaired) electrons. The highest BCUT2D eigenvalue weighted by atomic mass is 32.3. The molecule has 14 heavy (non-hydrogen) atoms. The molecule has 0 aromatic heterocycles. The van der Waals surface area contributed by atoms with Crippen molar-refractivity contribution in [3.8, 4) is 0 Å². The van der Waals surface area contributed by atoms with Gasteiger partial charge in [0.25, 0.3) is 20.2 Å². The van der Waals surface area contributed by atoms with E-state index in [4.69, 9.17) is 4.55 Å². The highest BCUT2D eigenvalue weighted by Gasteiger charge is 2.33. The summed E-state index contributed by atoms with van der Waals surface area (Å²) in [7, 11) is -8.73. The Hall–Kier alpha value is -0.180. The summed E-state index contributed by atoms with van der Waals surface area (Å²) in [6.45, 7) is 1.57. The van der Waals surface area contributed by atoms with E-state index in [2.05, 4.69) is 4.18 Å². The Morgan fingerprint density at radius 1 is 1.36 bits per heavy atom. The first-order valence-electron chi connectivity index (χ1n) is 4.06. The first kappa shape index (κ1) is 11.9. The van der Waals surface area contributed by atoms with Crippen molar-refractivity contribution in [2.24, 2.45) is 5.92 Å². The minimum atomic E-state index is -4.55. The third-order valence-corrected chi connectivity index (χ3v) is 4.82. The van der Waals surface area contributed by atoms with Gasteiger partial charge in [-0.25, -0.2) is 0 Å². The SMILES string of the molecule is CC(OS(=O)(=O)CS(=O)(=O)O)C1CC1. The van der Waals surface area contributed by atoms with E-state index in [1.807, 2.05) is 0 Å². The van der Waals surface area contributed by atoms with Gasteiger partial charge in [-0.1, -0.05) is 0 Å². The first-order valence-corrected chi connectivity index (χ1v) is 7.24. The van der Waals surface area contributed by atoms with E-state index in [-0.39, 0.29) is 5.92 Å². The summed E-state index contributed by atoms with van der Waals surface area (Å²) in [5.74, 6) is 0.186. The van der Waals surface area contributed by atoms with Gasteiger partial charge in [-0.05, 0) is 25.7 Å². The lowest BCUT2D eigenvalue weighted by molar-refractivity contribution is 0.207. The molecule has 0 aromatic carbocycles. The Morgan fingerprint density at radius 3 is 2.21 bits per heavy atom. The van der Waals surface area contributed by atoms with Gasteiger partial charge in [0.05, 0.1) is 6.10 Å². The Kier molecular flexibility index (Phi) is 3.20. The molecule has 0 bridgehead atoms. The van der Waals surface area contributed by atoms with Crippen LogP contribution in [0.3, 0.4) is 0 Å². The fourth-order valence-electron chi connectivity index (χ4n) is 1.09. The second-order valence-corrected chi connectivity index (χ2v) is 6.81. The van der Waals surface area contributed by atoms with Crippen molar-refractivity contribution < 1.29 is 25.6 Å². The monoisotopic (exact) mass is 244 g/mol. The number of hydrogen-bond acceptors (Lipinski definition) is 5. The van der Waals surface area contributed by atoms with Gasteiger partial charge in [-0.2, -0.15) is 16.8 Å². The van der Waals surface area contributed by atoms with E-state index >= 15 is 0 Å². The maximum atomic E-state index is 11.0. The van der Waals surface area contributed by atoms with Crippen LogP contribution in [0.5, 0.6) is 0 Å². The zero-order valence-electron chi connectivity index (χ0n) is 7.58. The molecule has 84 valence electrons. The highest BCUT2D eigenvalue weighted by Crippen LogP contribution is 2.34. The van der Waals surface area contributed by atoms with Crippen LogP contribution in [0.4, 0.5) is 0 Å². The molecule has 1 fully saturated rings. The van der Waals surface area contributed by atoms with Crippen LogP contribution in [0.2, 0.25) is 0 Å². The van der Waals surface area contributed by atoms with E-state index in [0.29, 0.717) is 0 Å². The van der Waals surface area contributed by atoms with Crippen LogP contribution in [0.15, 0.2) is 0 Å². The Labute approximate surface area is 83.1 Å². The highest BCUT2D eigenvalue weighted by molar-refractivity contribution is 8.03. The van der Waals surface area contributed by atoms with E-state index in [9.17, 15) is 16.8 Å². The largest absolute Gasteiger partial charge is 0.285 e. The van der Waals surface area contributed by atoms with Gasteiger partial charge >= 0.3 is 0 Å². The zero-order chi connectivity index (χ0) is 11.0. The zero-order valence-corrected chi connectivity index (χ0v) is 9.21. The molecule has 1 unspecified atom stereocenters. The molecular weight excluding hydrogens is 232 g/mol. The predicted molar refractivity (Wildman–Crippen MR) is 48.6 cm³/mol. The van der Waals surface area contributed by atoms with E-state index in [1.165, 1.54) is 0 Å². The van der Waals surface area contributed by atoms with Crippen LogP contribution in [0.1, 0.15) is 19.8 Å². The quantitative estimate of drug-likeness (QED) is 0.539. The second-order valence-electron chi connectivity index (χ2n) is 3.40. The smallest absolute Gasteiger partial charge is 0.284 e. The van der Waals surface area contributed by atoms with Gasteiger partial charge in [0.15, 0.2) is 0 Å². The Balaban J connectivity index is 2.57. The van der Waals surface area contributed by atoms with Crippen LogP contribution in [-0.4, -0.2) is 32.6 Å². The van der Waals surface area contributed by atoms with Crippen molar-refractivity contribution in [3.63, 3.8) is 0 Å². The summed E-state index contributed by atoms with van der Waals surface area (Å²) < 4.78 is 55.6. The molecule has 0 spiro atoms. The van der Waals surface area contributed by atoms with Crippen LogP contribution in [0.25, 0.3) is 0 Å². The van der Waals surface area contributed by atoms with Crippen molar-refractivity contribution in [1.82, 2.24) is 0 Å². The van der Waals surface area contributed by atoms with Crippen LogP contribution >= 0.6 is 0 Å². The van der Waals surface area contributed by atoms with Gasteiger partial charge < -0.3 is 0 Å².